The molecule has 0 N–H and O–H groups in total. The Hall–Kier alpha value is -1.49. The van der Waals surface area contributed by atoms with Crippen LogP contribution in [0, 0.1) is 5.82 Å². The first-order valence-corrected chi connectivity index (χ1v) is 7.04. The monoisotopic (exact) mass is 266 g/mol. The van der Waals surface area contributed by atoms with E-state index in [-0.39, 0.29) is 11.9 Å². The third-order valence-electron chi connectivity index (χ3n) is 2.66. The summed E-state index contributed by atoms with van der Waals surface area (Å²) in [5.74, 6) is 0.0760. The molecule has 96 valence electrons. The van der Waals surface area contributed by atoms with Crippen molar-refractivity contribution in [1.29, 1.82) is 0 Å². The van der Waals surface area contributed by atoms with Crippen molar-refractivity contribution in [3.8, 4) is 0 Å². The fourth-order valence-corrected chi connectivity index (χ4v) is 2.81. The van der Waals surface area contributed by atoms with Crippen LogP contribution in [-0.4, -0.2) is 13.8 Å². The molecule has 2 rings (SSSR count). The van der Waals surface area contributed by atoms with Crippen LogP contribution >= 0.6 is 0 Å². The topological polar surface area (TPSA) is 34.9 Å². The van der Waals surface area contributed by atoms with E-state index >= 15 is 0 Å². The van der Waals surface area contributed by atoms with E-state index < -0.39 is 10.8 Å². The number of halogens is 1. The van der Waals surface area contributed by atoms with Crippen LogP contribution in [0.3, 0.4) is 0 Å². The third kappa shape index (κ3) is 2.85. The number of imidazole rings is 1. The van der Waals surface area contributed by atoms with Crippen LogP contribution in [0.15, 0.2) is 41.7 Å². The molecule has 1 aromatic heterocycles. The van der Waals surface area contributed by atoms with Crippen molar-refractivity contribution in [2.24, 2.45) is 0 Å². The highest BCUT2D eigenvalue weighted by atomic mass is 32.2. The van der Waals surface area contributed by atoms with Gasteiger partial charge in [-0.05, 0) is 38.1 Å². The van der Waals surface area contributed by atoms with E-state index in [1.807, 2.05) is 18.4 Å². The number of rotatable bonds is 4. The Balaban J connectivity index is 2.16. The van der Waals surface area contributed by atoms with Gasteiger partial charge in [-0.3, -0.25) is 4.21 Å². The Labute approximate surface area is 108 Å². The molecule has 2 aromatic rings. The molecule has 1 unspecified atom stereocenters. The molecule has 1 heterocycles. The molecule has 0 aliphatic carbocycles. The largest absolute Gasteiger partial charge is 0.331 e. The Bertz CT molecular complexity index is 548. The van der Waals surface area contributed by atoms with E-state index in [1.165, 1.54) is 12.1 Å². The highest BCUT2D eigenvalue weighted by Gasteiger charge is 2.10. The number of benzene rings is 1. The second kappa shape index (κ2) is 5.44. The van der Waals surface area contributed by atoms with Crippen molar-refractivity contribution in [2.45, 2.75) is 30.5 Å². The molecule has 0 aliphatic heterocycles. The lowest BCUT2D eigenvalue weighted by atomic mass is 10.3. The average Bonchev–Trinajstić information content (AvgIpc) is 2.78. The van der Waals surface area contributed by atoms with Crippen molar-refractivity contribution < 1.29 is 8.60 Å². The molecule has 0 saturated heterocycles. The van der Waals surface area contributed by atoms with Crippen molar-refractivity contribution in [3.63, 3.8) is 0 Å². The maximum atomic E-state index is 12.8. The van der Waals surface area contributed by atoms with Crippen LogP contribution in [0.25, 0.3) is 0 Å². The van der Waals surface area contributed by atoms with Gasteiger partial charge in [-0.25, -0.2) is 9.37 Å². The maximum Gasteiger partial charge on any atom is 0.123 e. The first kappa shape index (κ1) is 13.0. The maximum absolute atomic E-state index is 12.8. The summed E-state index contributed by atoms with van der Waals surface area (Å²) in [6.07, 6.45) is 3.46. The summed E-state index contributed by atoms with van der Waals surface area (Å²) < 4.78 is 26.9. The van der Waals surface area contributed by atoms with Gasteiger partial charge in [-0.15, -0.1) is 0 Å². The van der Waals surface area contributed by atoms with E-state index in [1.54, 1.807) is 24.7 Å². The van der Waals surface area contributed by atoms with Crippen LogP contribution in [0.4, 0.5) is 4.39 Å². The third-order valence-corrected chi connectivity index (χ3v) is 4.01. The van der Waals surface area contributed by atoms with E-state index in [0.717, 1.165) is 5.69 Å². The van der Waals surface area contributed by atoms with Gasteiger partial charge in [0, 0.05) is 17.1 Å². The molecule has 18 heavy (non-hydrogen) atoms. The SMILES string of the molecule is CC(C)n1cncc1CS(=O)c1ccc(F)cc1. The van der Waals surface area contributed by atoms with Crippen molar-refractivity contribution in [1.82, 2.24) is 9.55 Å². The fourth-order valence-electron chi connectivity index (χ4n) is 1.71. The first-order chi connectivity index (χ1) is 8.58. The molecular formula is C13H15FN2OS. The quantitative estimate of drug-likeness (QED) is 0.853. The predicted octanol–water partition coefficient (Wildman–Crippen LogP) is 2.91. The second-order valence-electron chi connectivity index (χ2n) is 4.33. The summed E-state index contributed by atoms with van der Waals surface area (Å²) >= 11 is 0. The summed E-state index contributed by atoms with van der Waals surface area (Å²) in [6.45, 7) is 4.10. The van der Waals surface area contributed by atoms with Crippen molar-refractivity contribution in [3.05, 3.63) is 48.3 Å². The predicted molar refractivity (Wildman–Crippen MR) is 69.1 cm³/mol. The van der Waals surface area contributed by atoms with E-state index in [4.69, 9.17) is 0 Å². The Morgan fingerprint density at radius 2 is 2.00 bits per heavy atom. The molecule has 0 aliphatic rings. The number of aromatic nitrogens is 2. The number of hydrogen-bond acceptors (Lipinski definition) is 2. The lowest BCUT2D eigenvalue weighted by Crippen LogP contribution is -2.07. The highest BCUT2D eigenvalue weighted by Crippen LogP contribution is 2.15. The first-order valence-electron chi connectivity index (χ1n) is 5.72. The summed E-state index contributed by atoms with van der Waals surface area (Å²) in [4.78, 5) is 4.71. The van der Waals surface area contributed by atoms with Gasteiger partial charge in [0.15, 0.2) is 0 Å². The zero-order valence-electron chi connectivity index (χ0n) is 10.3. The van der Waals surface area contributed by atoms with E-state index in [9.17, 15) is 8.60 Å². The van der Waals surface area contributed by atoms with Crippen molar-refractivity contribution in [2.75, 3.05) is 0 Å². The molecule has 0 amide bonds. The normalized spacial score (nSPS) is 12.9. The Kier molecular flexibility index (Phi) is 3.91. The second-order valence-corrected chi connectivity index (χ2v) is 5.78. The lowest BCUT2D eigenvalue weighted by Gasteiger charge is -2.11. The fraction of sp³-hybridized carbons (Fsp3) is 0.308. The van der Waals surface area contributed by atoms with Crippen LogP contribution in [0.1, 0.15) is 25.6 Å². The molecule has 0 fully saturated rings. The van der Waals surface area contributed by atoms with Gasteiger partial charge in [-0.2, -0.15) is 0 Å². The number of nitrogens with zero attached hydrogens (tertiary/aromatic N) is 2. The zero-order valence-corrected chi connectivity index (χ0v) is 11.2. The minimum absolute atomic E-state index is 0.285. The highest BCUT2D eigenvalue weighted by molar-refractivity contribution is 7.84. The zero-order chi connectivity index (χ0) is 13.1. The van der Waals surface area contributed by atoms with Gasteiger partial charge in [0.1, 0.15) is 5.82 Å². The summed E-state index contributed by atoms with van der Waals surface area (Å²) in [6, 6.07) is 6.05. The van der Waals surface area contributed by atoms with Gasteiger partial charge in [0.2, 0.25) is 0 Å². The van der Waals surface area contributed by atoms with Crippen LogP contribution in [0.5, 0.6) is 0 Å². The molecular weight excluding hydrogens is 251 g/mol. The molecule has 1 aromatic carbocycles. The average molecular weight is 266 g/mol. The van der Waals surface area contributed by atoms with E-state index in [2.05, 4.69) is 4.98 Å². The Morgan fingerprint density at radius 3 is 2.61 bits per heavy atom. The molecule has 0 saturated carbocycles. The van der Waals surface area contributed by atoms with Gasteiger partial charge >= 0.3 is 0 Å². The van der Waals surface area contributed by atoms with Gasteiger partial charge in [-0.1, -0.05) is 0 Å². The van der Waals surface area contributed by atoms with Gasteiger partial charge in [0.05, 0.1) is 28.6 Å². The molecule has 1 atom stereocenters. The van der Waals surface area contributed by atoms with Gasteiger partial charge < -0.3 is 4.57 Å². The van der Waals surface area contributed by atoms with Crippen LogP contribution < -0.4 is 0 Å². The van der Waals surface area contributed by atoms with Gasteiger partial charge in [0.25, 0.3) is 0 Å². The van der Waals surface area contributed by atoms with E-state index in [0.29, 0.717) is 10.6 Å². The lowest BCUT2D eigenvalue weighted by molar-refractivity contribution is 0.582. The molecule has 0 bridgehead atoms. The van der Waals surface area contributed by atoms with Crippen molar-refractivity contribution >= 4 is 10.8 Å². The minimum atomic E-state index is -1.18. The standard InChI is InChI=1S/C13H15FN2OS/c1-10(2)16-9-15-7-12(16)8-18(17)13-5-3-11(14)4-6-13/h3-7,9-10H,8H2,1-2H3. The Morgan fingerprint density at radius 1 is 1.33 bits per heavy atom. The summed E-state index contributed by atoms with van der Waals surface area (Å²) in [5, 5.41) is 0. The van der Waals surface area contributed by atoms with Crippen LogP contribution in [0.2, 0.25) is 0 Å². The number of hydrogen-bond donors (Lipinski definition) is 0. The minimum Gasteiger partial charge on any atom is -0.331 e. The molecule has 0 spiro atoms. The summed E-state index contributed by atoms with van der Waals surface area (Å²) in [7, 11) is -1.18. The molecule has 0 radical (unpaired) electrons. The smallest absolute Gasteiger partial charge is 0.123 e. The summed E-state index contributed by atoms with van der Waals surface area (Å²) in [5.41, 5.74) is 0.924. The molecule has 5 heteroatoms. The molecule has 3 nitrogen and oxygen atoms in total. The van der Waals surface area contributed by atoms with Crippen LogP contribution in [-0.2, 0) is 16.6 Å².